The molecule has 6 nitrogen and oxygen atoms in total. The number of imide groups is 1. The van der Waals surface area contributed by atoms with Gasteiger partial charge in [0.2, 0.25) is 5.91 Å². The molecule has 8 heteroatoms. The summed E-state index contributed by atoms with van der Waals surface area (Å²) in [5, 5.41) is 3.22. The van der Waals surface area contributed by atoms with Gasteiger partial charge in [-0.3, -0.25) is 14.4 Å². The SMILES string of the molecule is Cc1c(Cl)cccc1N1C(=O)C(Cl)=C(Nc2ccc(CC(=O)N3CCCc4ccccc43)cc2)C1=O. The maximum absolute atomic E-state index is 13.1. The lowest BCUT2D eigenvalue weighted by Gasteiger charge is -2.29. The molecule has 36 heavy (non-hydrogen) atoms. The molecule has 0 atom stereocenters. The van der Waals surface area contributed by atoms with E-state index in [4.69, 9.17) is 23.2 Å². The molecule has 3 aromatic rings. The molecule has 0 saturated heterocycles. The normalized spacial score (nSPS) is 15.4. The van der Waals surface area contributed by atoms with Crippen molar-refractivity contribution in [3.63, 3.8) is 0 Å². The number of carbonyl (C=O) groups is 3. The number of para-hydroxylation sites is 1. The van der Waals surface area contributed by atoms with Gasteiger partial charge in [0.1, 0.15) is 10.7 Å². The molecule has 0 aliphatic carbocycles. The van der Waals surface area contributed by atoms with Crippen LogP contribution in [0.4, 0.5) is 17.1 Å². The van der Waals surface area contributed by atoms with Gasteiger partial charge >= 0.3 is 0 Å². The number of amides is 3. The van der Waals surface area contributed by atoms with E-state index >= 15 is 0 Å². The van der Waals surface area contributed by atoms with E-state index in [1.807, 2.05) is 35.2 Å². The minimum absolute atomic E-state index is 0.00482. The zero-order valence-electron chi connectivity index (χ0n) is 19.6. The van der Waals surface area contributed by atoms with Crippen molar-refractivity contribution in [2.45, 2.75) is 26.2 Å². The Balaban J connectivity index is 1.29. The van der Waals surface area contributed by atoms with Crippen LogP contribution >= 0.6 is 23.2 Å². The molecular weight excluding hydrogens is 497 g/mol. The highest BCUT2D eigenvalue weighted by Crippen LogP contribution is 2.34. The van der Waals surface area contributed by atoms with Crippen molar-refractivity contribution in [3.8, 4) is 0 Å². The molecule has 0 saturated carbocycles. The predicted molar refractivity (Wildman–Crippen MR) is 142 cm³/mol. The van der Waals surface area contributed by atoms with Gasteiger partial charge in [-0.15, -0.1) is 0 Å². The summed E-state index contributed by atoms with van der Waals surface area (Å²) in [5.74, 6) is -1.13. The first-order chi connectivity index (χ1) is 17.3. The second-order valence-corrected chi connectivity index (χ2v) is 9.58. The van der Waals surface area contributed by atoms with Crippen LogP contribution < -0.4 is 15.1 Å². The van der Waals surface area contributed by atoms with E-state index in [9.17, 15) is 14.4 Å². The summed E-state index contributed by atoms with van der Waals surface area (Å²) in [4.78, 5) is 41.8. The van der Waals surface area contributed by atoms with Crippen LogP contribution in [0.2, 0.25) is 5.02 Å². The lowest BCUT2D eigenvalue weighted by molar-refractivity contribution is -0.120. The first-order valence-corrected chi connectivity index (χ1v) is 12.4. The Bertz CT molecular complexity index is 1420. The molecule has 2 aliphatic rings. The molecule has 3 aromatic carbocycles. The van der Waals surface area contributed by atoms with Gasteiger partial charge in [0.25, 0.3) is 11.8 Å². The van der Waals surface area contributed by atoms with Crippen LogP contribution in [0.15, 0.2) is 77.5 Å². The standard InChI is InChI=1S/C28H23Cl2N3O3/c1-17-21(29)8-4-10-22(17)33-27(35)25(30)26(28(33)36)31-20-13-11-18(12-14-20)16-24(34)32-15-5-7-19-6-2-3-9-23(19)32/h2-4,6,8-14,31H,5,7,15-16H2,1H3. The number of nitrogens with one attached hydrogen (secondary N) is 1. The minimum Gasteiger partial charge on any atom is -0.350 e. The quantitative estimate of drug-likeness (QED) is 0.445. The van der Waals surface area contributed by atoms with Crippen molar-refractivity contribution in [2.75, 3.05) is 21.7 Å². The maximum atomic E-state index is 13.1. The van der Waals surface area contributed by atoms with Crippen LogP contribution in [0.5, 0.6) is 0 Å². The first kappa shape index (κ1) is 24.1. The average molecular weight is 520 g/mol. The molecule has 0 aromatic heterocycles. The topological polar surface area (TPSA) is 69.7 Å². The predicted octanol–water partition coefficient (Wildman–Crippen LogP) is 5.61. The van der Waals surface area contributed by atoms with E-state index in [-0.39, 0.29) is 23.1 Å². The average Bonchev–Trinajstić information content (AvgIpc) is 3.09. The molecule has 0 bridgehead atoms. The number of rotatable bonds is 5. The summed E-state index contributed by atoms with van der Waals surface area (Å²) in [7, 11) is 0. The van der Waals surface area contributed by atoms with Crippen LogP contribution in [-0.4, -0.2) is 24.3 Å². The molecular formula is C28H23Cl2N3O3. The Kier molecular flexibility index (Phi) is 6.56. The number of nitrogens with zero attached hydrogens (tertiary/aromatic N) is 2. The molecule has 3 amide bonds. The highest BCUT2D eigenvalue weighted by molar-refractivity contribution is 6.53. The zero-order valence-corrected chi connectivity index (χ0v) is 21.1. The number of anilines is 3. The molecule has 0 radical (unpaired) electrons. The molecule has 182 valence electrons. The van der Waals surface area contributed by atoms with Gasteiger partial charge in [0.05, 0.1) is 12.1 Å². The first-order valence-electron chi connectivity index (χ1n) is 11.6. The van der Waals surface area contributed by atoms with E-state index in [0.717, 1.165) is 29.0 Å². The van der Waals surface area contributed by atoms with Crippen molar-refractivity contribution in [1.82, 2.24) is 0 Å². The van der Waals surface area contributed by atoms with Crippen LogP contribution in [0, 0.1) is 6.92 Å². The number of carbonyl (C=O) groups excluding carboxylic acids is 3. The lowest BCUT2D eigenvalue weighted by Crippen LogP contribution is -2.36. The summed E-state index contributed by atoms with van der Waals surface area (Å²) in [6.45, 7) is 2.45. The summed E-state index contributed by atoms with van der Waals surface area (Å²) in [6.07, 6.45) is 2.19. The van der Waals surface area contributed by atoms with E-state index in [2.05, 4.69) is 11.4 Å². The summed E-state index contributed by atoms with van der Waals surface area (Å²) >= 11 is 12.4. The third-order valence-electron chi connectivity index (χ3n) is 6.50. The zero-order chi connectivity index (χ0) is 25.4. The maximum Gasteiger partial charge on any atom is 0.283 e. The van der Waals surface area contributed by atoms with Gasteiger partial charge in [-0.2, -0.15) is 0 Å². The van der Waals surface area contributed by atoms with Gasteiger partial charge in [-0.05, 0) is 66.8 Å². The number of halogens is 2. The van der Waals surface area contributed by atoms with E-state index in [1.165, 1.54) is 5.56 Å². The number of hydrogen-bond acceptors (Lipinski definition) is 4. The van der Waals surface area contributed by atoms with Gasteiger partial charge in [-0.25, -0.2) is 4.90 Å². The van der Waals surface area contributed by atoms with E-state index in [1.54, 1.807) is 37.3 Å². The fourth-order valence-electron chi connectivity index (χ4n) is 4.58. The Morgan fingerprint density at radius 1 is 0.917 bits per heavy atom. The Morgan fingerprint density at radius 3 is 2.42 bits per heavy atom. The second-order valence-electron chi connectivity index (χ2n) is 8.80. The molecule has 2 heterocycles. The fraction of sp³-hybridized carbons (Fsp3) is 0.179. The summed E-state index contributed by atoms with van der Waals surface area (Å²) in [5.41, 5.74) is 4.59. The number of hydrogen-bond donors (Lipinski definition) is 1. The largest absolute Gasteiger partial charge is 0.350 e. The molecule has 5 rings (SSSR count). The Morgan fingerprint density at radius 2 is 1.64 bits per heavy atom. The number of benzene rings is 3. The van der Waals surface area contributed by atoms with Gasteiger partial charge in [0, 0.05) is 22.9 Å². The highest BCUT2D eigenvalue weighted by atomic mass is 35.5. The molecule has 0 spiro atoms. The van der Waals surface area contributed by atoms with Gasteiger partial charge in [-0.1, -0.05) is 59.6 Å². The highest BCUT2D eigenvalue weighted by Gasteiger charge is 2.39. The molecule has 2 aliphatic heterocycles. The Labute approximate surface area is 219 Å². The van der Waals surface area contributed by atoms with Crippen molar-refractivity contribution in [1.29, 1.82) is 0 Å². The summed E-state index contributed by atoms with van der Waals surface area (Å²) < 4.78 is 0. The number of fused-ring (bicyclic) bond motifs is 1. The van der Waals surface area contributed by atoms with Crippen molar-refractivity contribution in [3.05, 3.63) is 99.2 Å². The van der Waals surface area contributed by atoms with Crippen LogP contribution in [0.1, 0.15) is 23.1 Å². The second kappa shape index (κ2) is 9.80. The van der Waals surface area contributed by atoms with Crippen LogP contribution in [0.3, 0.4) is 0 Å². The van der Waals surface area contributed by atoms with Gasteiger partial charge < -0.3 is 10.2 Å². The summed E-state index contributed by atoms with van der Waals surface area (Å²) in [6, 6.07) is 20.2. The van der Waals surface area contributed by atoms with Crippen molar-refractivity contribution >= 4 is 58.0 Å². The van der Waals surface area contributed by atoms with E-state index < -0.39 is 11.8 Å². The third-order valence-corrected chi connectivity index (χ3v) is 7.26. The minimum atomic E-state index is -0.612. The number of aryl methyl sites for hydroxylation is 1. The molecule has 0 unspecified atom stereocenters. The van der Waals surface area contributed by atoms with Crippen LogP contribution in [0.25, 0.3) is 0 Å². The fourth-order valence-corrected chi connectivity index (χ4v) is 4.96. The Hall–Kier alpha value is -3.61. The van der Waals surface area contributed by atoms with Crippen molar-refractivity contribution in [2.24, 2.45) is 0 Å². The van der Waals surface area contributed by atoms with Crippen LogP contribution in [-0.2, 0) is 27.2 Å². The van der Waals surface area contributed by atoms with E-state index in [0.29, 0.717) is 28.5 Å². The van der Waals surface area contributed by atoms with Gasteiger partial charge in [0.15, 0.2) is 0 Å². The monoisotopic (exact) mass is 519 g/mol. The molecule has 0 fully saturated rings. The lowest BCUT2D eigenvalue weighted by atomic mass is 10.0. The third kappa shape index (κ3) is 4.38. The molecule has 1 N–H and O–H groups in total. The van der Waals surface area contributed by atoms with Crippen molar-refractivity contribution < 1.29 is 14.4 Å². The smallest absolute Gasteiger partial charge is 0.283 e.